The fraction of sp³-hybridized carbons (Fsp3) is 0. The van der Waals surface area contributed by atoms with Gasteiger partial charge in [0.25, 0.3) is 0 Å². The summed E-state index contributed by atoms with van der Waals surface area (Å²) in [6, 6.07) is 0. The van der Waals surface area contributed by atoms with Gasteiger partial charge >= 0.3 is 52.7 Å². The van der Waals surface area contributed by atoms with Gasteiger partial charge in [0.2, 0.25) is 0 Å². The molecule has 0 N–H and O–H groups in total. The summed E-state index contributed by atoms with van der Waals surface area (Å²) in [7, 11) is -5.39. The quantitative estimate of drug-likeness (QED) is 0.298. The first kappa shape index (κ1) is 22.6. The molecule has 0 unspecified atom stereocenters. The molecular weight excluding hydrogens is 217 g/mol. The maximum atomic E-state index is 8.55. The standard InChI is InChI=1S/Co.Fe.Li.H3O4P/c;;;1-5(2,3)4/h;;;(H3,1,2,3,4)/q2*+2;+1;/p-3. The van der Waals surface area contributed by atoms with E-state index < -0.39 is 7.82 Å². The van der Waals surface area contributed by atoms with Crippen LogP contribution in [0.4, 0.5) is 0 Å². The molecule has 0 amide bonds. The molecule has 0 saturated heterocycles. The van der Waals surface area contributed by atoms with E-state index in [9.17, 15) is 0 Å². The first-order valence-electron chi connectivity index (χ1n) is 0.730. The van der Waals surface area contributed by atoms with E-state index >= 15 is 0 Å². The van der Waals surface area contributed by atoms with Crippen LogP contribution in [0.25, 0.3) is 0 Å². The van der Waals surface area contributed by atoms with Crippen LogP contribution in [0.3, 0.4) is 0 Å². The van der Waals surface area contributed by atoms with Crippen molar-refractivity contribution in [3.63, 3.8) is 0 Å². The van der Waals surface area contributed by atoms with Crippen molar-refractivity contribution in [3.8, 4) is 0 Å². The summed E-state index contributed by atoms with van der Waals surface area (Å²) in [6.45, 7) is 0. The minimum atomic E-state index is -5.39. The van der Waals surface area contributed by atoms with Crippen LogP contribution < -0.4 is 33.5 Å². The largest absolute Gasteiger partial charge is 2.00 e. The Labute approximate surface area is 79.5 Å². The molecule has 8 heteroatoms. The van der Waals surface area contributed by atoms with Crippen molar-refractivity contribution in [2.75, 3.05) is 0 Å². The molecule has 0 aliphatic heterocycles. The van der Waals surface area contributed by atoms with E-state index in [2.05, 4.69) is 0 Å². The van der Waals surface area contributed by atoms with Crippen LogP contribution in [0.15, 0.2) is 0 Å². The Morgan fingerprint density at radius 3 is 1.12 bits per heavy atom. The molecule has 0 fully saturated rings. The van der Waals surface area contributed by atoms with Crippen molar-refractivity contribution in [1.29, 1.82) is 0 Å². The van der Waals surface area contributed by atoms with E-state index in [0.29, 0.717) is 0 Å². The first-order chi connectivity index (χ1) is 2.00. The van der Waals surface area contributed by atoms with Gasteiger partial charge < -0.3 is 19.2 Å². The monoisotopic (exact) mass is 217 g/mol. The van der Waals surface area contributed by atoms with Crippen molar-refractivity contribution >= 4 is 7.82 Å². The SMILES string of the molecule is O=P([O-])([O-])[O-].[Co+2].[Fe+2].[Li+]. The third kappa shape index (κ3) is 117. The van der Waals surface area contributed by atoms with Crippen molar-refractivity contribution < 1.29 is 72.0 Å². The van der Waals surface area contributed by atoms with Crippen LogP contribution in [0.5, 0.6) is 0 Å². The minimum Gasteiger partial charge on any atom is -0.822 e. The summed E-state index contributed by atoms with van der Waals surface area (Å²) in [6.07, 6.45) is 0. The summed E-state index contributed by atoms with van der Waals surface area (Å²) in [5, 5.41) is 0. The predicted octanol–water partition coefficient (Wildman–Crippen LogP) is -5.83. The van der Waals surface area contributed by atoms with E-state index in [1.165, 1.54) is 0 Å². The maximum Gasteiger partial charge on any atom is 2.00 e. The van der Waals surface area contributed by atoms with Crippen LogP contribution in [0.2, 0.25) is 0 Å². The Balaban J connectivity index is -0.0000000267. The molecule has 0 aliphatic rings. The molecular formula is CoFeLiO4P+2. The average molecular weight is 217 g/mol. The third-order valence-corrected chi connectivity index (χ3v) is 0. The molecule has 0 aromatic carbocycles. The Morgan fingerprint density at radius 2 is 1.12 bits per heavy atom. The van der Waals surface area contributed by atoms with Crippen LogP contribution in [0, 0.1) is 0 Å². The molecule has 8 heavy (non-hydrogen) atoms. The molecule has 0 bridgehead atoms. The van der Waals surface area contributed by atoms with Gasteiger partial charge in [-0.15, -0.1) is 0 Å². The smallest absolute Gasteiger partial charge is 0.822 e. The average Bonchev–Trinajstić information content (AvgIpc) is 0.722. The number of hydrogen-bond donors (Lipinski definition) is 0. The molecule has 0 saturated carbocycles. The number of rotatable bonds is 0. The second-order valence-electron chi connectivity index (χ2n) is 0.447. The van der Waals surface area contributed by atoms with E-state index in [1.54, 1.807) is 0 Å². The van der Waals surface area contributed by atoms with Crippen molar-refractivity contribution in [2.45, 2.75) is 0 Å². The van der Waals surface area contributed by atoms with Crippen LogP contribution >= 0.6 is 7.82 Å². The van der Waals surface area contributed by atoms with Crippen molar-refractivity contribution in [3.05, 3.63) is 0 Å². The van der Waals surface area contributed by atoms with Crippen LogP contribution in [0.1, 0.15) is 0 Å². The molecule has 0 aromatic heterocycles. The summed E-state index contributed by atoms with van der Waals surface area (Å²) in [4.78, 5) is 25.6. The Bertz CT molecular complexity index is 62.2. The van der Waals surface area contributed by atoms with Crippen LogP contribution in [-0.4, -0.2) is 0 Å². The zero-order chi connectivity index (χ0) is 4.50. The van der Waals surface area contributed by atoms with Crippen LogP contribution in [-0.2, 0) is 38.4 Å². The molecule has 0 rings (SSSR count). The normalized spacial score (nSPS) is 7.38. The molecule has 1 radical (unpaired) electrons. The zero-order valence-corrected chi connectivity index (χ0v) is 6.81. The Kier molecular flexibility index (Phi) is 24.7. The van der Waals surface area contributed by atoms with E-state index in [0.717, 1.165) is 0 Å². The zero-order valence-electron chi connectivity index (χ0n) is 3.77. The van der Waals surface area contributed by atoms with Gasteiger partial charge in [-0.05, 0) is 0 Å². The predicted molar refractivity (Wildman–Crippen MR) is 7.61 cm³/mol. The Morgan fingerprint density at radius 1 is 1.12 bits per heavy atom. The summed E-state index contributed by atoms with van der Waals surface area (Å²) < 4.78 is 8.55. The molecule has 45 valence electrons. The van der Waals surface area contributed by atoms with Gasteiger partial charge in [-0.2, -0.15) is 7.82 Å². The molecule has 0 atom stereocenters. The van der Waals surface area contributed by atoms with Crippen molar-refractivity contribution in [2.24, 2.45) is 0 Å². The van der Waals surface area contributed by atoms with E-state index in [-0.39, 0.29) is 52.7 Å². The molecule has 0 heterocycles. The maximum absolute atomic E-state index is 8.55. The summed E-state index contributed by atoms with van der Waals surface area (Å²) >= 11 is 0. The molecule has 0 spiro atoms. The van der Waals surface area contributed by atoms with E-state index in [4.69, 9.17) is 19.2 Å². The molecule has 4 nitrogen and oxygen atoms in total. The number of phosphoric acid groups is 1. The van der Waals surface area contributed by atoms with E-state index in [1.807, 2.05) is 0 Å². The van der Waals surface area contributed by atoms with Gasteiger partial charge in [0.05, 0.1) is 0 Å². The summed E-state index contributed by atoms with van der Waals surface area (Å²) in [5.74, 6) is 0. The Hall–Kier alpha value is 1.73. The topological polar surface area (TPSA) is 86.2 Å². The van der Waals surface area contributed by atoms with Gasteiger partial charge in [-0.1, -0.05) is 0 Å². The van der Waals surface area contributed by atoms with Crippen molar-refractivity contribution in [1.82, 2.24) is 0 Å². The van der Waals surface area contributed by atoms with Gasteiger partial charge in [0.1, 0.15) is 0 Å². The van der Waals surface area contributed by atoms with Gasteiger partial charge in [-0.3, -0.25) is 0 Å². The molecule has 0 aromatic rings. The fourth-order valence-electron chi connectivity index (χ4n) is 0. The van der Waals surface area contributed by atoms with Gasteiger partial charge in [-0.25, -0.2) is 0 Å². The second kappa shape index (κ2) is 8.73. The molecule has 0 aliphatic carbocycles. The minimum absolute atomic E-state index is 0. The van der Waals surface area contributed by atoms with Gasteiger partial charge in [0, 0.05) is 0 Å². The first-order valence-corrected chi connectivity index (χ1v) is 2.19. The number of hydrogen-bond acceptors (Lipinski definition) is 4. The second-order valence-corrected chi connectivity index (χ2v) is 1.34. The summed E-state index contributed by atoms with van der Waals surface area (Å²) in [5.41, 5.74) is 0. The fourth-order valence-corrected chi connectivity index (χ4v) is 0. The third-order valence-electron chi connectivity index (χ3n) is 0. The van der Waals surface area contributed by atoms with Gasteiger partial charge in [0.15, 0.2) is 0 Å².